The van der Waals surface area contributed by atoms with E-state index in [1.54, 1.807) is 0 Å². The minimum Gasteiger partial charge on any atom is -0.512 e. The van der Waals surface area contributed by atoms with E-state index in [0.29, 0.717) is 5.92 Å². The minimum atomic E-state index is -0.661. The predicted octanol–water partition coefficient (Wildman–Crippen LogP) is 3.08. The number of carbonyl (C=O) groups excluding carboxylic acids is 1. The van der Waals surface area contributed by atoms with Gasteiger partial charge in [-0.25, -0.2) is 0 Å². The van der Waals surface area contributed by atoms with Crippen molar-refractivity contribution in [2.75, 3.05) is 13.1 Å². The Labute approximate surface area is 134 Å². The van der Waals surface area contributed by atoms with Gasteiger partial charge in [-0.1, -0.05) is 27.7 Å². The maximum Gasteiger partial charge on any atom is 0.245 e. The lowest BCUT2D eigenvalue weighted by Crippen LogP contribution is -2.58. The normalized spacial score (nSPS) is 21.5. The summed E-state index contributed by atoms with van der Waals surface area (Å²) in [6, 6.07) is 0. The molecule has 0 aromatic heterocycles. The number of nitrogens with one attached hydrogen (secondary N) is 2. The van der Waals surface area contributed by atoms with Gasteiger partial charge in [-0.05, 0) is 39.2 Å². The molecule has 0 spiro atoms. The first-order chi connectivity index (χ1) is 9.94. The molecule has 1 amide bonds. The SMILES string of the molecule is CC1CCCN(C(C)(C)C(=O)NC(=N)/C=C(\O)C(C)(C)C)C1. The Bertz CT molecular complexity index is 461. The van der Waals surface area contributed by atoms with Crippen LogP contribution >= 0.6 is 0 Å². The monoisotopic (exact) mass is 309 g/mol. The number of piperidine rings is 1. The lowest BCUT2D eigenvalue weighted by molar-refractivity contribution is -0.131. The number of rotatable bonds is 3. The third-order valence-electron chi connectivity index (χ3n) is 4.30. The van der Waals surface area contributed by atoms with Gasteiger partial charge in [0, 0.05) is 18.0 Å². The second-order valence-corrected chi connectivity index (χ2v) is 7.90. The molecule has 1 unspecified atom stereocenters. The van der Waals surface area contributed by atoms with Crippen LogP contribution in [0.25, 0.3) is 0 Å². The molecule has 1 saturated heterocycles. The van der Waals surface area contributed by atoms with Crippen molar-refractivity contribution < 1.29 is 9.90 Å². The average molecular weight is 309 g/mol. The average Bonchev–Trinajstić information content (AvgIpc) is 2.37. The largest absolute Gasteiger partial charge is 0.512 e. The number of aliphatic hydroxyl groups excluding tert-OH is 1. The summed E-state index contributed by atoms with van der Waals surface area (Å²) < 4.78 is 0. The molecule has 0 aromatic rings. The summed E-state index contributed by atoms with van der Waals surface area (Å²) in [7, 11) is 0. The van der Waals surface area contributed by atoms with Gasteiger partial charge in [0.2, 0.25) is 5.91 Å². The van der Waals surface area contributed by atoms with E-state index in [2.05, 4.69) is 17.1 Å². The lowest BCUT2D eigenvalue weighted by atomic mass is 9.92. The van der Waals surface area contributed by atoms with Gasteiger partial charge in [-0.15, -0.1) is 0 Å². The van der Waals surface area contributed by atoms with Crippen molar-refractivity contribution in [1.29, 1.82) is 5.41 Å². The highest BCUT2D eigenvalue weighted by Crippen LogP contribution is 2.24. The molecule has 1 atom stereocenters. The second-order valence-electron chi connectivity index (χ2n) is 7.90. The van der Waals surface area contributed by atoms with Crippen LogP contribution in [-0.2, 0) is 4.79 Å². The molecular formula is C17H31N3O2. The van der Waals surface area contributed by atoms with Crippen LogP contribution < -0.4 is 5.32 Å². The fourth-order valence-corrected chi connectivity index (χ4v) is 2.51. The van der Waals surface area contributed by atoms with Crippen molar-refractivity contribution in [2.45, 2.75) is 59.9 Å². The number of hydrogen-bond acceptors (Lipinski definition) is 4. The van der Waals surface area contributed by atoms with Gasteiger partial charge in [-0.3, -0.25) is 15.1 Å². The Morgan fingerprint density at radius 1 is 1.32 bits per heavy atom. The van der Waals surface area contributed by atoms with Gasteiger partial charge in [-0.2, -0.15) is 0 Å². The zero-order valence-electron chi connectivity index (χ0n) is 14.8. The highest BCUT2D eigenvalue weighted by atomic mass is 16.3. The smallest absolute Gasteiger partial charge is 0.245 e. The van der Waals surface area contributed by atoms with Crippen LogP contribution in [0, 0.1) is 16.7 Å². The van der Waals surface area contributed by atoms with Gasteiger partial charge >= 0.3 is 0 Å². The van der Waals surface area contributed by atoms with Crippen molar-refractivity contribution in [3.05, 3.63) is 11.8 Å². The zero-order chi connectivity index (χ0) is 17.1. The molecule has 22 heavy (non-hydrogen) atoms. The van der Waals surface area contributed by atoms with Crippen LogP contribution in [0.2, 0.25) is 0 Å². The molecule has 1 heterocycles. The van der Waals surface area contributed by atoms with E-state index in [0.717, 1.165) is 19.5 Å². The van der Waals surface area contributed by atoms with E-state index in [1.165, 1.54) is 12.5 Å². The van der Waals surface area contributed by atoms with E-state index < -0.39 is 11.0 Å². The summed E-state index contributed by atoms with van der Waals surface area (Å²) in [5.41, 5.74) is -1.10. The molecule has 126 valence electrons. The fourth-order valence-electron chi connectivity index (χ4n) is 2.51. The highest BCUT2D eigenvalue weighted by molar-refractivity contribution is 6.05. The minimum absolute atomic E-state index is 0.0736. The van der Waals surface area contributed by atoms with E-state index in [9.17, 15) is 9.90 Å². The maximum atomic E-state index is 12.5. The first-order valence-electron chi connectivity index (χ1n) is 8.00. The van der Waals surface area contributed by atoms with Crippen molar-refractivity contribution in [1.82, 2.24) is 10.2 Å². The third-order valence-corrected chi connectivity index (χ3v) is 4.30. The molecule has 0 radical (unpaired) electrons. The van der Waals surface area contributed by atoms with Gasteiger partial charge in [0.1, 0.15) is 11.6 Å². The number of nitrogens with zero attached hydrogens (tertiary/aromatic N) is 1. The molecule has 3 N–H and O–H groups in total. The number of amidine groups is 1. The third kappa shape index (κ3) is 4.83. The number of carbonyl (C=O) groups is 1. The topological polar surface area (TPSA) is 76.4 Å². The molecule has 0 saturated carbocycles. The molecule has 0 aliphatic carbocycles. The first kappa shape index (κ1) is 18.7. The van der Waals surface area contributed by atoms with Crippen LogP contribution in [0.4, 0.5) is 0 Å². The molecule has 5 heteroatoms. The van der Waals surface area contributed by atoms with Crippen LogP contribution in [0.15, 0.2) is 11.8 Å². The summed E-state index contributed by atoms with van der Waals surface area (Å²) in [6.07, 6.45) is 3.61. The first-order valence-corrected chi connectivity index (χ1v) is 8.00. The predicted molar refractivity (Wildman–Crippen MR) is 90.1 cm³/mol. The number of amides is 1. The van der Waals surface area contributed by atoms with Crippen LogP contribution in [-0.4, -0.2) is 40.4 Å². The van der Waals surface area contributed by atoms with Crippen molar-refractivity contribution in [3.8, 4) is 0 Å². The van der Waals surface area contributed by atoms with Crippen molar-refractivity contribution in [3.63, 3.8) is 0 Å². The summed E-state index contributed by atoms with van der Waals surface area (Å²) >= 11 is 0. The Hall–Kier alpha value is -1.36. The van der Waals surface area contributed by atoms with Crippen LogP contribution in [0.3, 0.4) is 0 Å². The summed E-state index contributed by atoms with van der Waals surface area (Å²) in [6.45, 7) is 13.3. The zero-order valence-corrected chi connectivity index (χ0v) is 14.8. The van der Waals surface area contributed by atoms with Gasteiger partial charge in [0.15, 0.2) is 0 Å². The number of aliphatic hydroxyl groups is 1. The van der Waals surface area contributed by atoms with E-state index >= 15 is 0 Å². The van der Waals surface area contributed by atoms with E-state index in [4.69, 9.17) is 5.41 Å². The van der Waals surface area contributed by atoms with Crippen molar-refractivity contribution >= 4 is 11.7 Å². The number of likely N-dealkylation sites (tertiary alicyclic amines) is 1. The van der Waals surface area contributed by atoms with Gasteiger partial charge < -0.3 is 10.4 Å². The van der Waals surface area contributed by atoms with Gasteiger partial charge in [0.05, 0.1) is 5.54 Å². The number of allylic oxidation sites excluding steroid dienone is 1. The highest BCUT2D eigenvalue weighted by Gasteiger charge is 2.36. The standard InChI is InChI=1S/C17H31N3O2/c1-12-8-7-9-20(11-12)17(5,6)15(22)19-14(18)10-13(21)16(2,3)4/h10,12,21H,7-9,11H2,1-6H3,(H2,18,19,22)/b13-10-. The van der Waals surface area contributed by atoms with Crippen LogP contribution in [0.1, 0.15) is 54.4 Å². The molecule has 0 bridgehead atoms. The summed E-state index contributed by atoms with van der Waals surface area (Å²) in [4.78, 5) is 14.7. The molecule has 1 aliphatic rings. The Balaban J connectivity index is 2.72. The van der Waals surface area contributed by atoms with Crippen LogP contribution in [0.5, 0.6) is 0 Å². The van der Waals surface area contributed by atoms with E-state index in [-0.39, 0.29) is 17.5 Å². The van der Waals surface area contributed by atoms with E-state index in [1.807, 2.05) is 34.6 Å². The second kappa shape index (κ2) is 6.82. The maximum absolute atomic E-state index is 12.5. The molecule has 1 fully saturated rings. The molecule has 1 rings (SSSR count). The quantitative estimate of drug-likeness (QED) is 0.426. The Morgan fingerprint density at radius 2 is 1.91 bits per heavy atom. The van der Waals surface area contributed by atoms with Gasteiger partial charge in [0.25, 0.3) is 0 Å². The van der Waals surface area contributed by atoms with Crippen molar-refractivity contribution in [2.24, 2.45) is 11.3 Å². The molecule has 0 aromatic carbocycles. The molecule has 1 aliphatic heterocycles. The summed E-state index contributed by atoms with van der Waals surface area (Å²) in [5, 5.41) is 20.4. The lowest BCUT2D eigenvalue weighted by Gasteiger charge is -2.41. The molecular weight excluding hydrogens is 278 g/mol. The summed E-state index contributed by atoms with van der Waals surface area (Å²) in [5.74, 6) is 0.396. The Kier molecular flexibility index (Phi) is 5.79. The fraction of sp³-hybridized carbons (Fsp3) is 0.765. The molecule has 5 nitrogen and oxygen atoms in total. The Morgan fingerprint density at radius 3 is 2.41 bits per heavy atom. The number of hydrogen-bond donors (Lipinski definition) is 3.